The zero-order valence-electron chi connectivity index (χ0n) is 19.6. The van der Waals surface area contributed by atoms with Crippen molar-refractivity contribution >= 4 is 0 Å². The Kier molecular flexibility index (Phi) is 4.94. The molecule has 0 saturated heterocycles. The summed E-state index contributed by atoms with van der Waals surface area (Å²) in [6.07, 6.45) is 1.27. The van der Waals surface area contributed by atoms with Gasteiger partial charge in [-0.2, -0.15) is 0 Å². The second-order valence-corrected chi connectivity index (χ2v) is 11.8. The molecule has 0 heteroatoms. The molecule has 0 aromatic rings. The molecule has 0 aliphatic heterocycles. The van der Waals surface area contributed by atoms with Gasteiger partial charge in [0.15, 0.2) is 0 Å². The van der Waals surface area contributed by atoms with Gasteiger partial charge < -0.3 is 0 Å². The van der Waals surface area contributed by atoms with Gasteiger partial charge in [-0.15, -0.1) is 0 Å². The van der Waals surface area contributed by atoms with Crippen molar-refractivity contribution < 1.29 is 0 Å². The highest BCUT2D eigenvalue weighted by Crippen LogP contribution is 2.77. The van der Waals surface area contributed by atoms with Crippen molar-refractivity contribution in [3.05, 3.63) is 11.1 Å². The third-order valence-electron chi connectivity index (χ3n) is 10.7. The lowest BCUT2D eigenvalue weighted by atomic mass is 9.40. The van der Waals surface area contributed by atoms with Crippen molar-refractivity contribution in [3.63, 3.8) is 0 Å². The molecule has 146 valence electrons. The maximum Gasteiger partial charge on any atom is -0.0138 e. The molecule has 0 spiro atoms. The molecule has 1 fully saturated rings. The van der Waals surface area contributed by atoms with E-state index in [0.29, 0.717) is 28.1 Å². The van der Waals surface area contributed by atoms with Crippen LogP contribution in [0.25, 0.3) is 0 Å². The van der Waals surface area contributed by atoms with Crippen molar-refractivity contribution in [2.75, 3.05) is 0 Å². The van der Waals surface area contributed by atoms with Crippen LogP contribution < -0.4 is 0 Å². The minimum atomic E-state index is 0.270. The van der Waals surface area contributed by atoms with E-state index >= 15 is 0 Å². The molecule has 0 heterocycles. The zero-order valence-corrected chi connectivity index (χ0v) is 19.6. The lowest BCUT2D eigenvalue weighted by Gasteiger charge is -2.64. The van der Waals surface area contributed by atoms with E-state index in [1.165, 1.54) is 6.42 Å². The summed E-state index contributed by atoms with van der Waals surface area (Å²) in [5.74, 6) is 3.84. The molecule has 2 rings (SSSR count). The van der Waals surface area contributed by atoms with Gasteiger partial charge in [0.1, 0.15) is 0 Å². The predicted octanol–water partition coefficient (Wildman–Crippen LogP) is 7.99. The van der Waals surface area contributed by atoms with E-state index in [1.54, 1.807) is 11.1 Å². The Bertz CT molecular complexity index is 559. The van der Waals surface area contributed by atoms with Crippen molar-refractivity contribution in [3.8, 4) is 0 Å². The Morgan fingerprint density at radius 1 is 0.960 bits per heavy atom. The first-order valence-corrected chi connectivity index (χ1v) is 10.7. The fraction of sp³-hybridized carbons (Fsp3) is 0.920. The second-order valence-electron chi connectivity index (χ2n) is 11.8. The lowest BCUT2D eigenvalue weighted by molar-refractivity contribution is -0.162. The average molecular weight is 347 g/mol. The van der Waals surface area contributed by atoms with Crippen LogP contribution in [0.4, 0.5) is 0 Å². The van der Waals surface area contributed by atoms with Crippen molar-refractivity contribution in [2.24, 2.45) is 51.2 Å². The number of rotatable bonds is 4. The van der Waals surface area contributed by atoms with Gasteiger partial charge in [-0.1, -0.05) is 87.3 Å². The zero-order chi connectivity index (χ0) is 19.7. The minimum absolute atomic E-state index is 0.270. The summed E-state index contributed by atoms with van der Waals surface area (Å²) in [5, 5.41) is 0. The smallest absolute Gasteiger partial charge is 0.0138 e. The van der Waals surface area contributed by atoms with Crippen LogP contribution in [0.3, 0.4) is 0 Å². The Labute approximate surface area is 159 Å². The van der Waals surface area contributed by atoms with Crippen LogP contribution in [0, 0.1) is 51.2 Å². The van der Waals surface area contributed by atoms with Gasteiger partial charge in [-0.3, -0.25) is 0 Å². The monoisotopic (exact) mass is 346 g/mol. The van der Waals surface area contributed by atoms with Gasteiger partial charge in [0, 0.05) is 0 Å². The molecule has 2 aliphatic carbocycles. The molecule has 25 heavy (non-hydrogen) atoms. The second kappa shape index (κ2) is 5.87. The summed E-state index contributed by atoms with van der Waals surface area (Å²) in [6.45, 7) is 32.8. The van der Waals surface area contributed by atoms with E-state index in [4.69, 9.17) is 0 Å². The van der Waals surface area contributed by atoms with Crippen LogP contribution in [0.5, 0.6) is 0 Å². The van der Waals surface area contributed by atoms with E-state index in [0.717, 1.165) is 17.8 Å². The highest BCUT2D eigenvalue weighted by atomic mass is 14.8. The van der Waals surface area contributed by atoms with Crippen LogP contribution in [-0.4, -0.2) is 0 Å². The fourth-order valence-electron chi connectivity index (χ4n) is 6.88. The normalized spacial score (nSPS) is 39.7. The molecule has 5 atom stereocenters. The quantitative estimate of drug-likeness (QED) is 0.452. The summed E-state index contributed by atoms with van der Waals surface area (Å²) in [5.41, 5.74) is 4.62. The molecule has 0 N–H and O–H groups in total. The fourth-order valence-corrected chi connectivity index (χ4v) is 6.88. The molecule has 1 saturated carbocycles. The molecule has 2 aliphatic rings. The molecular weight excluding hydrogens is 300 g/mol. The van der Waals surface area contributed by atoms with E-state index in [-0.39, 0.29) is 5.41 Å². The van der Waals surface area contributed by atoms with Gasteiger partial charge in [-0.25, -0.2) is 0 Å². The third kappa shape index (κ3) is 2.45. The summed E-state index contributed by atoms with van der Waals surface area (Å²) in [4.78, 5) is 0. The third-order valence-corrected chi connectivity index (χ3v) is 10.7. The van der Waals surface area contributed by atoms with Gasteiger partial charge in [-0.05, 0) is 71.5 Å². The first-order valence-electron chi connectivity index (χ1n) is 10.7. The maximum absolute atomic E-state index is 2.68. The minimum Gasteiger partial charge on any atom is -0.0735 e. The van der Waals surface area contributed by atoms with Gasteiger partial charge >= 0.3 is 0 Å². The topological polar surface area (TPSA) is 0 Å². The Morgan fingerprint density at radius 3 is 1.84 bits per heavy atom. The maximum atomic E-state index is 2.68. The Balaban J connectivity index is 2.75. The molecule has 0 bridgehead atoms. The summed E-state index contributed by atoms with van der Waals surface area (Å²) in [6, 6.07) is 0. The van der Waals surface area contributed by atoms with Crippen LogP contribution in [0.1, 0.15) is 96.4 Å². The molecule has 0 aromatic carbocycles. The number of fused-ring (bicyclic) bond motifs is 1. The van der Waals surface area contributed by atoms with Crippen molar-refractivity contribution in [2.45, 2.75) is 96.4 Å². The van der Waals surface area contributed by atoms with Crippen LogP contribution >= 0.6 is 0 Å². The summed E-state index contributed by atoms with van der Waals surface area (Å²) < 4.78 is 0. The largest absolute Gasteiger partial charge is 0.0735 e. The van der Waals surface area contributed by atoms with E-state index in [9.17, 15) is 0 Å². The molecule has 5 unspecified atom stereocenters. The predicted molar refractivity (Wildman–Crippen MR) is 113 cm³/mol. The van der Waals surface area contributed by atoms with Gasteiger partial charge in [0.25, 0.3) is 0 Å². The molecule has 0 nitrogen and oxygen atoms in total. The first kappa shape index (κ1) is 21.0. The van der Waals surface area contributed by atoms with Gasteiger partial charge in [0.05, 0.1) is 0 Å². The molecule has 0 aromatic heterocycles. The van der Waals surface area contributed by atoms with Crippen molar-refractivity contribution in [1.82, 2.24) is 0 Å². The van der Waals surface area contributed by atoms with Crippen LogP contribution in [0.2, 0.25) is 0 Å². The van der Waals surface area contributed by atoms with Crippen molar-refractivity contribution in [1.29, 1.82) is 0 Å². The molecular formula is C25H46. The number of allylic oxidation sites excluding steroid dienone is 2. The molecule has 0 amide bonds. The van der Waals surface area contributed by atoms with E-state index < -0.39 is 0 Å². The standard InChI is InChI=1S/C25H46/c1-15(2)22(8,9)23(10,11)25(13)21-19(7)20(21)18(6)17(5)14-24(25,12)16(3)4/h15-16,19-21H,14H2,1-13H3. The number of hydrogen-bond donors (Lipinski definition) is 0. The van der Waals surface area contributed by atoms with Crippen LogP contribution in [0.15, 0.2) is 11.1 Å². The SMILES string of the molecule is CC1=C(C)C2C(C)C2C(C)(C(C)(C)C(C)(C)C(C)C)C(C)(C(C)C)C1. The average Bonchev–Trinajstić information content (AvgIpc) is 3.16. The first-order chi connectivity index (χ1) is 11.1. The Morgan fingerprint density at radius 2 is 1.44 bits per heavy atom. The number of hydrogen-bond acceptors (Lipinski definition) is 0. The van der Waals surface area contributed by atoms with Crippen LogP contribution in [-0.2, 0) is 0 Å². The van der Waals surface area contributed by atoms with Gasteiger partial charge in [0.2, 0.25) is 0 Å². The Hall–Kier alpha value is -0.260. The highest BCUT2D eigenvalue weighted by molar-refractivity contribution is 5.32. The summed E-state index contributed by atoms with van der Waals surface area (Å²) in [7, 11) is 0. The summed E-state index contributed by atoms with van der Waals surface area (Å²) >= 11 is 0. The van der Waals surface area contributed by atoms with E-state index in [2.05, 4.69) is 90.0 Å². The van der Waals surface area contributed by atoms with E-state index in [1.807, 2.05) is 0 Å². The molecule has 0 radical (unpaired) electrons. The highest BCUT2D eigenvalue weighted by Gasteiger charge is 2.71. The lowest BCUT2D eigenvalue weighted by Crippen LogP contribution is -2.58.